The van der Waals surface area contributed by atoms with Crippen molar-refractivity contribution in [3.05, 3.63) is 64.1 Å². The zero-order valence-electron chi connectivity index (χ0n) is 15.9. The first kappa shape index (κ1) is 20.3. The highest BCUT2D eigenvalue weighted by molar-refractivity contribution is 6.30. The van der Waals surface area contributed by atoms with Crippen molar-refractivity contribution in [2.75, 3.05) is 41.9 Å². The van der Waals surface area contributed by atoms with E-state index in [1.165, 1.54) is 0 Å². The summed E-state index contributed by atoms with van der Waals surface area (Å²) in [6.45, 7) is 2.67. The lowest BCUT2D eigenvalue weighted by molar-refractivity contribution is 0.122. The molecular formula is C20H19Cl2N7O. The fourth-order valence-corrected chi connectivity index (χ4v) is 3.00. The molecule has 0 spiro atoms. The lowest BCUT2D eigenvalue weighted by Gasteiger charge is -2.27. The van der Waals surface area contributed by atoms with Crippen LogP contribution >= 0.6 is 23.2 Å². The Kier molecular flexibility index (Phi) is 6.58. The SMILES string of the molecule is Clc1ccc(C=NNc2nc(Nc3ccc(Cl)cc3)nc(N3CCOCC3)n2)cc1. The van der Waals surface area contributed by atoms with Crippen LogP contribution in [0.15, 0.2) is 53.6 Å². The van der Waals surface area contributed by atoms with Gasteiger partial charge in [0.1, 0.15) is 0 Å². The van der Waals surface area contributed by atoms with Gasteiger partial charge in [-0.1, -0.05) is 35.3 Å². The second-order valence-electron chi connectivity index (χ2n) is 6.44. The van der Waals surface area contributed by atoms with Crippen LogP contribution in [-0.2, 0) is 4.74 Å². The zero-order valence-corrected chi connectivity index (χ0v) is 17.4. The van der Waals surface area contributed by atoms with Crippen molar-refractivity contribution in [2.24, 2.45) is 5.10 Å². The number of hydrazone groups is 1. The van der Waals surface area contributed by atoms with E-state index in [2.05, 4.69) is 30.8 Å². The Hall–Kier alpha value is -2.94. The molecule has 3 aromatic rings. The number of halogens is 2. The Labute approximate surface area is 183 Å². The number of morpholine rings is 1. The Morgan fingerprint density at radius 1 is 0.867 bits per heavy atom. The van der Waals surface area contributed by atoms with Gasteiger partial charge in [-0.25, -0.2) is 5.43 Å². The molecule has 2 aromatic carbocycles. The van der Waals surface area contributed by atoms with Crippen molar-refractivity contribution in [1.29, 1.82) is 0 Å². The normalized spacial score (nSPS) is 14.1. The summed E-state index contributed by atoms with van der Waals surface area (Å²) in [7, 11) is 0. The highest BCUT2D eigenvalue weighted by atomic mass is 35.5. The lowest BCUT2D eigenvalue weighted by Crippen LogP contribution is -2.37. The summed E-state index contributed by atoms with van der Waals surface area (Å²) >= 11 is 11.9. The maximum absolute atomic E-state index is 5.96. The molecular weight excluding hydrogens is 425 g/mol. The number of nitrogens with zero attached hydrogens (tertiary/aromatic N) is 5. The fraction of sp³-hybridized carbons (Fsp3) is 0.200. The summed E-state index contributed by atoms with van der Waals surface area (Å²) in [5.41, 5.74) is 4.59. The van der Waals surface area contributed by atoms with E-state index in [9.17, 15) is 0 Å². The molecule has 1 saturated heterocycles. The van der Waals surface area contributed by atoms with Crippen molar-refractivity contribution in [1.82, 2.24) is 15.0 Å². The average molecular weight is 444 g/mol. The first-order valence-electron chi connectivity index (χ1n) is 9.32. The van der Waals surface area contributed by atoms with Crippen molar-refractivity contribution in [3.8, 4) is 0 Å². The molecule has 0 unspecified atom stereocenters. The van der Waals surface area contributed by atoms with Gasteiger partial charge in [0.05, 0.1) is 19.4 Å². The Morgan fingerprint density at radius 3 is 2.20 bits per heavy atom. The topological polar surface area (TPSA) is 87.6 Å². The number of nitrogens with one attached hydrogen (secondary N) is 2. The van der Waals surface area contributed by atoms with Crippen LogP contribution in [0.5, 0.6) is 0 Å². The Balaban J connectivity index is 1.55. The minimum absolute atomic E-state index is 0.327. The third-order valence-electron chi connectivity index (χ3n) is 4.27. The third kappa shape index (κ3) is 5.56. The molecule has 0 aliphatic carbocycles. The van der Waals surface area contributed by atoms with Crippen LogP contribution in [0.2, 0.25) is 10.0 Å². The fourth-order valence-electron chi connectivity index (χ4n) is 2.75. The number of benzene rings is 2. The van der Waals surface area contributed by atoms with Crippen LogP contribution < -0.4 is 15.6 Å². The van der Waals surface area contributed by atoms with Crippen molar-refractivity contribution >= 4 is 52.9 Å². The van der Waals surface area contributed by atoms with Gasteiger partial charge in [0.2, 0.25) is 17.8 Å². The van der Waals surface area contributed by atoms with Crippen LogP contribution in [-0.4, -0.2) is 47.5 Å². The first-order chi connectivity index (χ1) is 14.7. The maximum atomic E-state index is 5.96. The van der Waals surface area contributed by atoms with Crippen LogP contribution in [0.4, 0.5) is 23.5 Å². The molecule has 30 heavy (non-hydrogen) atoms. The zero-order chi connectivity index (χ0) is 20.8. The molecule has 0 amide bonds. The summed E-state index contributed by atoms with van der Waals surface area (Å²) in [5, 5.41) is 8.74. The summed E-state index contributed by atoms with van der Waals surface area (Å²) in [6.07, 6.45) is 1.67. The van der Waals surface area contributed by atoms with E-state index in [0.29, 0.717) is 54.2 Å². The monoisotopic (exact) mass is 443 g/mol. The molecule has 2 heterocycles. The quantitative estimate of drug-likeness (QED) is 0.435. The molecule has 1 aliphatic heterocycles. The number of ether oxygens (including phenoxy) is 1. The molecule has 8 nitrogen and oxygen atoms in total. The predicted molar refractivity (Wildman–Crippen MR) is 120 cm³/mol. The van der Waals surface area contributed by atoms with Crippen molar-refractivity contribution in [3.63, 3.8) is 0 Å². The van der Waals surface area contributed by atoms with Crippen LogP contribution in [0, 0.1) is 0 Å². The Morgan fingerprint density at radius 2 is 1.50 bits per heavy atom. The van der Waals surface area contributed by atoms with Crippen LogP contribution in [0.3, 0.4) is 0 Å². The first-order valence-corrected chi connectivity index (χ1v) is 10.1. The van der Waals surface area contributed by atoms with Gasteiger partial charge >= 0.3 is 0 Å². The molecule has 0 radical (unpaired) electrons. The molecule has 10 heteroatoms. The number of hydrogen-bond donors (Lipinski definition) is 2. The summed E-state index contributed by atoms with van der Waals surface area (Å²) in [6, 6.07) is 14.6. The molecule has 1 fully saturated rings. The summed E-state index contributed by atoms with van der Waals surface area (Å²) < 4.78 is 5.42. The van der Waals surface area contributed by atoms with E-state index in [1.807, 2.05) is 29.2 Å². The predicted octanol–water partition coefficient (Wildman–Crippen LogP) is 4.20. The molecule has 4 rings (SSSR count). The molecule has 0 saturated carbocycles. The third-order valence-corrected chi connectivity index (χ3v) is 4.77. The minimum atomic E-state index is 0.327. The van der Waals surface area contributed by atoms with Gasteiger partial charge in [0.15, 0.2) is 0 Å². The maximum Gasteiger partial charge on any atom is 0.250 e. The minimum Gasteiger partial charge on any atom is -0.378 e. The van der Waals surface area contributed by atoms with Crippen LogP contribution in [0.25, 0.3) is 0 Å². The molecule has 2 N–H and O–H groups in total. The lowest BCUT2D eigenvalue weighted by atomic mass is 10.2. The number of anilines is 4. The standard InChI is InChI=1S/C20H19Cl2N7O/c21-15-3-1-14(2-4-15)13-23-28-19-25-18(24-17-7-5-16(22)6-8-17)26-20(27-19)29-9-11-30-12-10-29/h1-8,13H,9-12H2,(H2,24,25,26,27,28). The van der Waals surface area contributed by atoms with E-state index < -0.39 is 0 Å². The number of rotatable bonds is 6. The molecule has 1 aromatic heterocycles. The second kappa shape index (κ2) is 9.71. The van der Waals surface area contributed by atoms with E-state index in [0.717, 1.165) is 11.3 Å². The highest BCUT2D eigenvalue weighted by Crippen LogP contribution is 2.20. The van der Waals surface area contributed by atoms with Crippen LogP contribution in [0.1, 0.15) is 5.56 Å². The molecule has 154 valence electrons. The second-order valence-corrected chi connectivity index (χ2v) is 7.31. The van der Waals surface area contributed by atoms with Gasteiger partial charge in [-0.3, -0.25) is 0 Å². The molecule has 0 bridgehead atoms. The highest BCUT2D eigenvalue weighted by Gasteiger charge is 2.16. The van der Waals surface area contributed by atoms with E-state index in [1.54, 1.807) is 30.5 Å². The van der Waals surface area contributed by atoms with Gasteiger partial charge in [0, 0.05) is 28.8 Å². The average Bonchev–Trinajstić information content (AvgIpc) is 2.77. The molecule has 1 aliphatic rings. The van der Waals surface area contributed by atoms with E-state index in [-0.39, 0.29) is 0 Å². The van der Waals surface area contributed by atoms with Gasteiger partial charge in [-0.15, -0.1) is 0 Å². The van der Waals surface area contributed by atoms with Gasteiger partial charge in [-0.2, -0.15) is 20.1 Å². The van der Waals surface area contributed by atoms with Crippen molar-refractivity contribution < 1.29 is 4.74 Å². The summed E-state index contributed by atoms with van der Waals surface area (Å²) in [5.74, 6) is 1.28. The van der Waals surface area contributed by atoms with E-state index >= 15 is 0 Å². The summed E-state index contributed by atoms with van der Waals surface area (Å²) in [4.78, 5) is 15.5. The van der Waals surface area contributed by atoms with Crippen molar-refractivity contribution in [2.45, 2.75) is 0 Å². The van der Waals surface area contributed by atoms with Gasteiger partial charge < -0.3 is 15.0 Å². The number of aromatic nitrogens is 3. The largest absolute Gasteiger partial charge is 0.378 e. The van der Waals surface area contributed by atoms with Gasteiger partial charge in [-0.05, 0) is 42.0 Å². The van der Waals surface area contributed by atoms with Gasteiger partial charge in [0.25, 0.3) is 0 Å². The number of hydrogen-bond acceptors (Lipinski definition) is 8. The molecule has 0 atom stereocenters. The Bertz CT molecular complexity index is 1010. The smallest absolute Gasteiger partial charge is 0.250 e. The van der Waals surface area contributed by atoms with E-state index in [4.69, 9.17) is 27.9 Å².